The van der Waals surface area contributed by atoms with Crippen molar-refractivity contribution in [3.05, 3.63) is 43.1 Å². The number of carbonyl (C=O) groups is 4. The molecule has 2 atom stereocenters. The summed E-state index contributed by atoms with van der Waals surface area (Å²) in [5.74, 6) is -2.41. The average molecular weight is 1040 g/mol. The SMILES string of the molecule is CCCCCCCCCCC(CCCCCCCC)CN1C(=O)c2c3sc(C#N)c(C#N)c3c3c4c(c5sc(C#N)c(C#N)c5c(c24)C1=O)C(=O)N(CC(CCCCCCCC)CCCCCCCCCC)C3=O. The lowest BCUT2D eigenvalue weighted by atomic mass is 9.80. The van der Waals surface area contributed by atoms with Crippen LogP contribution in [0, 0.1) is 57.2 Å². The zero-order valence-electron chi connectivity index (χ0n) is 45.3. The van der Waals surface area contributed by atoms with Crippen molar-refractivity contribution < 1.29 is 19.2 Å². The zero-order chi connectivity index (χ0) is 53.0. The van der Waals surface area contributed by atoms with Crippen LogP contribution in [0.15, 0.2) is 0 Å². The summed E-state index contributed by atoms with van der Waals surface area (Å²) in [6.45, 7) is 9.12. The molecule has 0 N–H and O–H groups in total. The Morgan fingerprint density at radius 2 is 0.608 bits per heavy atom. The van der Waals surface area contributed by atoms with E-state index in [1.165, 1.54) is 99.7 Å². The Bertz CT molecular complexity index is 2590. The molecule has 2 aliphatic rings. The molecule has 396 valence electrons. The lowest BCUT2D eigenvalue weighted by Crippen LogP contribution is -2.46. The van der Waals surface area contributed by atoms with Crippen LogP contribution in [0.25, 0.3) is 30.9 Å². The van der Waals surface area contributed by atoms with Crippen LogP contribution in [0.3, 0.4) is 0 Å². The van der Waals surface area contributed by atoms with Gasteiger partial charge in [0.2, 0.25) is 0 Å². The largest absolute Gasteiger partial charge is 0.274 e. The van der Waals surface area contributed by atoms with Gasteiger partial charge in [-0.3, -0.25) is 29.0 Å². The van der Waals surface area contributed by atoms with Crippen molar-refractivity contribution in [3.8, 4) is 24.3 Å². The van der Waals surface area contributed by atoms with Gasteiger partial charge in [0, 0.05) is 34.6 Å². The summed E-state index contributed by atoms with van der Waals surface area (Å²) in [6, 6.07) is 8.75. The number of fused-ring (bicyclic) bond motifs is 6. The Labute approximate surface area is 450 Å². The number of nitriles is 4. The van der Waals surface area contributed by atoms with Gasteiger partial charge in [-0.25, -0.2) is 0 Å². The first kappa shape index (κ1) is 58.1. The van der Waals surface area contributed by atoms with Gasteiger partial charge in [-0.15, -0.1) is 22.7 Å². The molecule has 4 amide bonds. The zero-order valence-corrected chi connectivity index (χ0v) is 47.0. The highest BCUT2D eigenvalue weighted by molar-refractivity contribution is 7.21. The predicted molar refractivity (Wildman–Crippen MR) is 302 cm³/mol. The monoisotopic (exact) mass is 1040 g/mol. The van der Waals surface area contributed by atoms with Gasteiger partial charge < -0.3 is 0 Å². The fourth-order valence-corrected chi connectivity index (χ4v) is 14.1. The smallest absolute Gasteiger partial charge is 0.262 e. The predicted octanol–water partition coefficient (Wildman–Crippen LogP) is 17.7. The normalized spacial score (nSPS) is 14.1. The van der Waals surface area contributed by atoms with E-state index in [0.717, 1.165) is 138 Å². The fourth-order valence-electron chi connectivity index (χ4n) is 11.9. The third-order valence-corrected chi connectivity index (χ3v) is 18.3. The van der Waals surface area contributed by atoms with Crippen LogP contribution >= 0.6 is 22.7 Å². The molecule has 0 spiro atoms. The lowest BCUT2D eigenvalue weighted by molar-refractivity contribution is 0.0560. The van der Waals surface area contributed by atoms with Crippen LogP contribution in [0.4, 0.5) is 0 Å². The van der Waals surface area contributed by atoms with Gasteiger partial charge in [0.1, 0.15) is 34.0 Å². The number of carbonyl (C=O) groups excluding carboxylic acids is 4. The van der Waals surface area contributed by atoms with Gasteiger partial charge in [-0.2, -0.15) is 21.0 Å². The second-order valence-electron chi connectivity index (χ2n) is 21.5. The molecule has 0 saturated heterocycles. The summed E-state index contributed by atoms with van der Waals surface area (Å²) in [7, 11) is 0. The van der Waals surface area contributed by atoms with Gasteiger partial charge >= 0.3 is 0 Å². The van der Waals surface area contributed by atoms with Crippen molar-refractivity contribution in [2.75, 3.05) is 13.1 Å². The maximum absolute atomic E-state index is 15.5. The molecule has 0 radical (unpaired) electrons. The minimum absolute atomic E-state index is 0.00155. The molecule has 74 heavy (non-hydrogen) atoms. The third kappa shape index (κ3) is 13.4. The number of thiophene rings is 2. The summed E-state index contributed by atoms with van der Waals surface area (Å²) in [4.78, 5) is 64.8. The number of unbranched alkanes of at least 4 members (excludes halogenated alkanes) is 24. The molecule has 4 aromatic rings. The molecular formula is C62H82N6O4S2. The first-order valence-electron chi connectivity index (χ1n) is 29.1. The van der Waals surface area contributed by atoms with E-state index in [4.69, 9.17) is 0 Å². The Morgan fingerprint density at radius 1 is 0.351 bits per heavy atom. The lowest BCUT2D eigenvalue weighted by Gasteiger charge is -2.35. The van der Waals surface area contributed by atoms with Gasteiger partial charge in [0.05, 0.1) is 42.8 Å². The summed E-state index contributed by atoms with van der Waals surface area (Å²) >= 11 is 1.93. The minimum Gasteiger partial charge on any atom is -0.274 e. The van der Waals surface area contributed by atoms with E-state index in [0.29, 0.717) is 0 Å². The standard InChI is InChI=1S/C62H82N6O4S2/c1-5-9-13-17-21-23-27-31-35-43(33-29-25-19-15-11-7-3)41-67-59(69)53-49-45(37-63)47(39-65)74-58(49)56-52-51(53)55(61(67)71)57-50(46(38-64)48(40-66)73-57)54(52)60(70)68(62(56)72)42-44(34-30-26-20-16-12-8-4)36-32-28-24-22-18-14-10-6-2/h43-44H,5-36,41-42H2,1-4H3. The van der Waals surface area contributed by atoms with Crippen molar-refractivity contribution in [2.24, 2.45) is 11.8 Å². The molecule has 10 nitrogen and oxygen atoms in total. The second kappa shape index (κ2) is 29.8. The van der Waals surface area contributed by atoms with Crippen LogP contribution in [0.2, 0.25) is 0 Å². The van der Waals surface area contributed by atoms with E-state index in [9.17, 15) is 21.0 Å². The molecule has 0 saturated carbocycles. The number of amides is 4. The van der Waals surface area contributed by atoms with Crippen molar-refractivity contribution in [3.63, 3.8) is 0 Å². The van der Waals surface area contributed by atoms with Crippen molar-refractivity contribution >= 4 is 77.2 Å². The highest BCUT2D eigenvalue weighted by Gasteiger charge is 2.47. The molecule has 2 aliphatic heterocycles. The van der Waals surface area contributed by atoms with Crippen LogP contribution < -0.4 is 0 Å². The van der Waals surface area contributed by atoms with Crippen LogP contribution in [0.5, 0.6) is 0 Å². The van der Waals surface area contributed by atoms with Crippen LogP contribution in [-0.4, -0.2) is 46.5 Å². The van der Waals surface area contributed by atoms with Gasteiger partial charge in [0.15, 0.2) is 0 Å². The molecule has 12 heteroatoms. The number of hydrogen-bond donors (Lipinski definition) is 0. The maximum atomic E-state index is 15.5. The van der Waals surface area contributed by atoms with Crippen molar-refractivity contribution in [1.29, 1.82) is 21.0 Å². The molecule has 6 rings (SSSR count). The van der Waals surface area contributed by atoms with Gasteiger partial charge in [-0.05, 0) is 37.5 Å². The quantitative estimate of drug-likeness (QED) is 0.0320. The van der Waals surface area contributed by atoms with Crippen molar-refractivity contribution in [2.45, 2.75) is 233 Å². The van der Waals surface area contributed by atoms with E-state index in [2.05, 4.69) is 52.0 Å². The van der Waals surface area contributed by atoms with Crippen LogP contribution in [0.1, 0.15) is 295 Å². The molecule has 4 heterocycles. The minimum atomic E-state index is -0.615. The maximum Gasteiger partial charge on any atom is 0.262 e. The summed E-state index contributed by atoms with van der Waals surface area (Å²) in [5.41, 5.74) is 0.142. The van der Waals surface area contributed by atoms with Gasteiger partial charge in [0.25, 0.3) is 23.6 Å². The Kier molecular flexibility index (Phi) is 23.4. The van der Waals surface area contributed by atoms with Gasteiger partial charge in [-0.1, -0.05) is 207 Å². The molecule has 0 aliphatic carbocycles. The topological polar surface area (TPSA) is 170 Å². The van der Waals surface area contributed by atoms with E-state index in [1.807, 2.05) is 0 Å². The number of nitrogens with zero attached hydrogens (tertiary/aromatic N) is 6. The van der Waals surface area contributed by atoms with E-state index in [-0.39, 0.29) is 99.0 Å². The molecule has 0 bridgehead atoms. The number of hydrogen-bond acceptors (Lipinski definition) is 10. The second-order valence-corrected chi connectivity index (χ2v) is 23.6. The number of rotatable bonds is 36. The molecule has 2 unspecified atom stereocenters. The fraction of sp³-hybridized carbons (Fsp3) is 0.645. The van der Waals surface area contributed by atoms with E-state index < -0.39 is 23.6 Å². The van der Waals surface area contributed by atoms with E-state index in [1.54, 1.807) is 0 Å². The highest BCUT2D eigenvalue weighted by Crippen LogP contribution is 2.52. The molecule has 2 aromatic carbocycles. The first-order chi connectivity index (χ1) is 36.2. The number of imide groups is 2. The summed E-state index contributed by atoms with van der Waals surface area (Å²) in [5, 5.41) is 43.3. The number of benzene rings is 2. The highest BCUT2D eigenvalue weighted by atomic mass is 32.1. The Morgan fingerprint density at radius 3 is 0.865 bits per heavy atom. The molecular weight excluding hydrogens is 957 g/mol. The third-order valence-electron chi connectivity index (χ3n) is 16.0. The van der Waals surface area contributed by atoms with E-state index >= 15 is 19.2 Å². The Balaban J connectivity index is 1.46. The van der Waals surface area contributed by atoms with Crippen molar-refractivity contribution in [1.82, 2.24) is 9.80 Å². The first-order valence-corrected chi connectivity index (χ1v) is 30.7. The average Bonchev–Trinajstić information content (AvgIpc) is 3.99. The summed E-state index contributed by atoms with van der Waals surface area (Å²) < 4.78 is 0.509. The summed E-state index contributed by atoms with van der Waals surface area (Å²) in [6.07, 6.45) is 35.2. The molecule has 2 aromatic heterocycles. The Hall–Kier alpha value is -5.14. The molecule has 0 fully saturated rings. The van der Waals surface area contributed by atoms with Crippen LogP contribution in [-0.2, 0) is 0 Å².